The topological polar surface area (TPSA) is 43.6 Å². The molecule has 92 valence electrons. The van der Waals surface area contributed by atoms with Gasteiger partial charge in [0.25, 0.3) is 0 Å². The first-order chi connectivity index (χ1) is 7.86. The Bertz CT molecular complexity index is 249. The molecule has 1 rings (SSSR count). The highest BCUT2D eigenvalue weighted by Gasteiger charge is 2.09. The molecule has 0 aliphatic heterocycles. The normalized spacial score (nSPS) is 12.9. The van der Waals surface area contributed by atoms with E-state index >= 15 is 0 Å². The Morgan fingerprint density at radius 3 is 2.94 bits per heavy atom. The second kappa shape index (κ2) is 8.33. The number of rotatable bonds is 9. The number of ether oxygens (including phenoxy) is 2. The molecule has 4 heteroatoms. The lowest BCUT2D eigenvalue weighted by Gasteiger charge is -2.17. The van der Waals surface area contributed by atoms with Crippen molar-refractivity contribution in [3.63, 3.8) is 0 Å². The van der Waals surface area contributed by atoms with E-state index in [0.29, 0.717) is 25.9 Å². The molecule has 1 N–H and O–H groups in total. The molecular formula is C12H21NO3. The van der Waals surface area contributed by atoms with Gasteiger partial charge in [0.2, 0.25) is 0 Å². The Morgan fingerprint density at radius 1 is 1.44 bits per heavy atom. The smallest absolute Gasteiger partial charge is 0.0935 e. The van der Waals surface area contributed by atoms with Crippen LogP contribution >= 0.6 is 0 Å². The Hall–Kier alpha value is -0.840. The molecule has 0 spiro atoms. The van der Waals surface area contributed by atoms with Gasteiger partial charge in [-0.2, -0.15) is 0 Å². The van der Waals surface area contributed by atoms with Gasteiger partial charge in [0.15, 0.2) is 0 Å². The van der Waals surface area contributed by atoms with Crippen molar-refractivity contribution in [3.8, 4) is 0 Å². The van der Waals surface area contributed by atoms with E-state index in [4.69, 9.17) is 13.9 Å². The standard InChI is InChI=1S/C12H21NO3/c1-3-13-12(10-16-7-6-14-2)8-11-4-5-15-9-11/h4-5,9,12-13H,3,6-8,10H2,1-2H3. The van der Waals surface area contributed by atoms with Crippen molar-refractivity contribution in [2.24, 2.45) is 0 Å². The van der Waals surface area contributed by atoms with E-state index in [2.05, 4.69) is 12.2 Å². The van der Waals surface area contributed by atoms with E-state index in [9.17, 15) is 0 Å². The molecule has 0 saturated heterocycles. The summed E-state index contributed by atoms with van der Waals surface area (Å²) < 4.78 is 15.5. The number of methoxy groups -OCH3 is 1. The molecule has 1 heterocycles. The summed E-state index contributed by atoms with van der Waals surface area (Å²) in [6.07, 6.45) is 4.40. The number of furan rings is 1. The average molecular weight is 227 g/mol. The molecule has 1 unspecified atom stereocenters. The Morgan fingerprint density at radius 2 is 2.31 bits per heavy atom. The second-order valence-electron chi connectivity index (χ2n) is 3.66. The monoisotopic (exact) mass is 227 g/mol. The van der Waals surface area contributed by atoms with Crippen molar-refractivity contribution in [2.75, 3.05) is 33.5 Å². The molecule has 0 saturated carbocycles. The highest BCUT2D eigenvalue weighted by Crippen LogP contribution is 2.04. The van der Waals surface area contributed by atoms with Gasteiger partial charge in [0, 0.05) is 13.2 Å². The van der Waals surface area contributed by atoms with Crippen LogP contribution in [0.5, 0.6) is 0 Å². The van der Waals surface area contributed by atoms with E-state index < -0.39 is 0 Å². The predicted molar refractivity (Wildman–Crippen MR) is 62.6 cm³/mol. The molecule has 0 amide bonds. The molecule has 1 aromatic rings. The molecule has 0 fully saturated rings. The summed E-state index contributed by atoms with van der Waals surface area (Å²) in [7, 11) is 1.68. The van der Waals surface area contributed by atoms with Crippen LogP contribution in [0.3, 0.4) is 0 Å². The molecule has 0 aromatic carbocycles. The largest absolute Gasteiger partial charge is 0.472 e. The van der Waals surface area contributed by atoms with Crippen molar-refractivity contribution in [3.05, 3.63) is 24.2 Å². The van der Waals surface area contributed by atoms with Crippen LogP contribution in [-0.2, 0) is 15.9 Å². The first-order valence-corrected chi connectivity index (χ1v) is 5.68. The van der Waals surface area contributed by atoms with Crippen molar-refractivity contribution in [2.45, 2.75) is 19.4 Å². The van der Waals surface area contributed by atoms with Gasteiger partial charge in [0.1, 0.15) is 0 Å². The highest BCUT2D eigenvalue weighted by molar-refractivity contribution is 5.07. The van der Waals surface area contributed by atoms with Crippen LogP contribution in [0.2, 0.25) is 0 Å². The third-order valence-electron chi connectivity index (χ3n) is 2.31. The lowest BCUT2D eigenvalue weighted by Crippen LogP contribution is -2.35. The Kier molecular flexibility index (Phi) is 6.88. The molecular weight excluding hydrogens is 206 g/mol. The van der Waals surface area contributed by atoms with Crippen molar-refractivity contribution < 1.29 is 13.9 Å². The van der Waals surface area contributed by atoms with Gasteiger partial charge >= 0.3 is 0 Å². The SMILES string of the molecule is CCNC(COCCOC)Cc1ccoc1. The van der Waals surface area contributed by atoms with Gasteiger partial charge in [-0.3, -0.25) is 0 Å². The van der Waals surface area contributed by atoms with Gasteiger partial charge in [0.05, 0.1) is 32.3 Å². The lowest BCUT2D eigenvalue weighted by molar-refractivity contribution is 0.0589. The van der Waals surface area contributed by atoms with Gasteiger partial charge in [-0.25, -0.2) is 0 Å². The minimum atomic E-state index is 0.333. The zero-order valence-corrected chi connectivity index (χ0v) is 10.1. The summed E-state index contributed by atoms with van der Waals surface area (Å²) in [5.41, 5.74) is 1.20. The first kappa shape index (κ1) is 13.2. The van der Waals surface area contributed by atoms with E-state index in [1.807, 2.05) is 6.07 Å². The fraction of sp³-hybridized carbons (Fsp3) is 0.667. The third-order valence-corrected chi connectivity index (χ3v) is 2.31. The van der Waals surface area contributed by atoms with Crippen LogP contribution in [0.15, 0.2) is 23.0 Å². The molecule has 0 aliphatic carbocycles. The first-order valence-electron chi connectivity index (χ1n) is 5.68. The number of hydrogen-bond acceptors (Lipinski definition) is 4. The van der Waals surface area contributed by atoms with Crippen LogP contribution in [0.1, 0.15) is 12.5 Å². The van der Waals surface area contributed by atoms with Gasteiger partial charge in [-0.1, -0.05) is 6.92 Å². The van der Waals surface area contributed by atoms with E-state index in [-0.39, 0.29) is 0 Å². The summed E-state index contributed by atoms with van der Waals surface area (Å²) in [5, 5.41) is 3.39. The van der Waals surface area contributed by atoms with Crippen molar-refractivity contribution >= 4 is 0 Å². The zero-order valence-electron chi connectivity index (χ0n) is 10.1. The lowest BCUT2D eigenvalue weighted by atomic mass is 10.1. The molecule has 0 aliphatic rings. The molecule has 4 nitrogen and oxygen atoms in total. The molecule has 16 heavy (non-hydrogen) atoms. The van der Waals surface area contributed by atoms with Crippen LogP contribution in [0.4, 0.5) is 0 Å². The van der Waals surface area contributed by atoms with Crippen LogP contribution in [0.25, 0.3) is 0 Å². The fourth-order valence-electron chi connectivity index (χ4n) is 1.54. The second-order valence-corrected chi connectivity index (χ2v) is 3.66. The predicted octanol–water partition coefficient (Wildman–Crippen LogP) is 1.46. The summed E-state index contributed by atoms with van der Waals surface area (Å²) >= 11 is 0. The molecule has 1 atom stereocenters. The summed E-state index contributed by atoms with van der Waals surface area (Å²) in [5.74, 6) is 0. The third kappa shape index (κ3) is 5.30. The van der Waals surface area contributed by atoms with Gasteiger partial charge in [-0.05, 0) is 24.6 Å². The Labute approximate surface area is 96.9 Å². The molecule has 0 bridgehead atoms. The molecule has 0 radical (unpaired) electrons. The summed E-state index contributed by atoms with van der Waals surface area (Å²) in [6, 6.07) is 2.32. The van der Waals surface area contributed by atoms with E-state index in [0.717, 1.165) is 13.0 Å². The number of nitrogens with one attached hydrogen (secondary N) is 1. The van der Waals surface area contributed by atoms with Crippen LogP contribution in [-0.4, -0.2) is 39.5 Å². The Balaban J connectivity index is 2.24. The number of hydrogen-bond donors (Lipinski definition) is 1. The van der Waals surface area contributed by atoms with Gasteiger partial charge < -0.3 is 19.2 Å². The summed E-state index contributed by atoms with van der Waals surface area (Å²) in [4.78, 5) is 0. The maximum Gasteiger partial charge on any atom is 0.0935 e. The quantitative estimate of drug-likeness (QED) is 0.649. The minimum Gasteiger partial charge on any atom is -0.472 e. The number of likely N-dealkylation sites (N-methyl/N-ethyl adjacent to an activating group) is 1. The van der Waals surface area contributed by atoms with Gasteiger partial charge in [-0.15, -0.1) is 0 Å². The van der Waals surface area contributed by atoms with E-state index in [1.54, 1.807) is 19.6 Å². The highest BCUT2D eigenvalue weighted by atomic mass is 16.5. The molecule has 1 aromatic heterocycles. The van der Waals surface area contributed by atoms with Crippen molar-refractivity contribution in [1.29, 1.82) is 0 Å². The van der Waals surface area contributed by atoms with Crippen LogP contribution in [0, 0.1) is 0 Å². The zero-order chi connectivity index (χ0) is 11.6. The maximum atomic E-state index is 5.52. The average Bonchev–Trinajstić information content (AvgIpc) is 2.77. The van der Waals surface area contributed by atoms with Crippen molar-refractivity contribution in [1.82, 2.24) is 5.32 Å². The fourth-order valence-corrected chi connectivity index (χ4v) is 1.54. The van der Waals surface area contributed by atoms with Crippen LogP contribution < -0.4 is 5.32 Å². The minimum absolute atomic E-state index is 0.333. The summed E-state index contributed by atoms with van der Waals surface area (Å²) in [6.45, 7) is 5.02. The van der Waals surface area contributed by atoms with E-state index in [1.165, 1.54) is 5.56 Å². The maximum absolute atomic E-state index is 5.52.